The molecule has 2 N–H and O–H groups in total. The Balaban J connectivity index is 2.22. The van der Waals surface area contributed by atoms with Crippen molar-refractivity contribution in [2.24, 2.45) is 0 Å². The first-order chi connectivity index (χ1) is 11.3. The second-order valence-electron chi connectivity index (χ2n) is 6.14. The van der Waals surface area contributed by atoms with Crippen LogP contribution in [-0.2, 0) is 19.7 Å². The van der Waals surface area contributed by atoms with Crippen molar-refractivity contribution in [3.8, 4) is 0 Å². The smallest absolute Gasteiger partial charge is 0.322 e. The maximum Gasteiger partial charge on any atom is 0.322 e. The van der Waals surface area contributed by atoms with Gasteiger partial charge in [-0.15, -0.1) is 0 Å². The highest BCUT2D eigenvalue weighted by molar-refractivity contribution is 7.89. The van der Waals surface area contributed by atoms with Crippen molar-refractivity contribution in [3.63, 3.8) is 0 Å². The normalized spacial score (nSPS) is 16.0. The molecule has 0 radical (unpaired) electrons. The number of aliphatic carboxylic acids is 1. The molecule has 0 amide bonds. The molecule has 0 spiro atoms. The molecule has 8 heteroatoms. The predicted molar refractivity (Wildman–Crippen MR) is 90.1 cm³/mol. The molecule has 0 saturated heterocycles. The molecule has 7 nitrogen and oxygen atoms in total. The van der Waals surface area contributed by atoms with E-state index in [9.17, 15) is 13.2 Å². The number of carboxylic acid groups (broad SMARTS) is 1. The highest BCUT2D eigenvalue weighted by Crippen LogP contribution is 2.27. The van der Waals surface area contributed by atoms with Crippen LogP contribution in [0.1, 0.15) is 39.5 Å². The Morgan fingerprint density at radius 3 is 2.62 bits per heavy atom. The first-order valence-electron chi connectivity index (χ1n) is 8.07. The maximum absolute atomic E-state index is 12.9. The molecule has 1 saturated carbocycles. The predicted octanol–water partition coefficient (Wildman–Crippen LogP) is 2.46. The number of hydrogen-bond acceptors (Lipinski definition) is 5. The minimum Gasteiger partial charge on any atom is -0.480 e. The number of carboxylic acids is 1. The molecule has 24 heavy (non-hydrogen) atoms. The van der Waals surface area contributed by atoms with E-state index < -0.39 is 16.0 Å². The van der Waals surface area contributed by atoms with Gasteiger partial charge in [-0.1, -0.05) is 23.4 Å². The number of nitrogens with zero attached hydrogens (tertiary/aromatic N) is 1. The van der Waals surface area contributed by atoms with Crippen LogP contribution in [0.15, 0.2) is 29.2 Å². The summed E-state index contributed by atoms with van der Waals surface area (Å²) in [6.45, 7) is 3.24. The molecule has 0 unspecified atom stereocenters. The van der Waals surface area contributed by atoms with Gasteiger partial charge < -0.3 is 10.4 Å². The summed E-state index contributed by atoms with van der Waals surface area (Å²) in [5, 5.41) is 11.4. The van der Waals surface area contributed by atoms with Gasteiger partial charge in [0.05, 0.1) is 11.0 Å². The molecule has 2 rings (SSSR count). The second kappa shape index (κ2) is 7.96. The van der Waals surface area contributed by atoms with Crippen LogP contribution < -0.4 is 5.32 Å². The van der Waals surface area contributed by atoms with Crippen molar-refractivity contribution in [2.75, 3.05) is 11.9 Å². The van der Waals surface area contributed by atoms with Gasteiger partial charge in [0, 0.05) is 11.7 Å². The number of carbonyl (C=O) groups is 1. The molecule has 1 aliphatic rings. The zero-order chi connectivity index (χ0) is 17.7. The molecule has 0 aliphatic heterocycles. The molecule has 134 valence electrons. The summed E-state index contributed by atoms with van der Waals surface area (Å²) in [7, 11) is -3.83. The van der Waals surface area contributed by atoms with Crippen LogP contribution in [-0.4, -0.2) is 42.7 Å². The third-order valence-corrected chi connectivity index (χ3v) is 5.62. The van der Waals surface area contributed by atoms with Crippen molar-refractivity contribution >= 4 is 21.7 Å². The summed E-state index contributed by atoms with van der Waals surface area (Å²) in [5.74, 6) is -1.02. The van der Waals surface area contributed by atoms with Gasteiger partial charge in [-0.05, 0) is 44.9 Å². The van der Waals surface area contributed by atoms with Gasteiger partial charge >= 0.3 is 5.97 Å². The highest BCUT2D eigenvalue weighted by Gasteiger charge is 2.32. The first-order valence-corrected chi connectivity index (χ1v) is 9.51. The number of nitrogens with one attached hydrogen (secondary N) is 1. The minimum absolute atomic E-state index is 0.0736. The van der Waals surface area contributed by atoms with Crippen LogP contribution >= 0.6 is 0 Å². The van der Waals surface area contributed by atoms with Crippen molar-refractivity contribution in [1.29, 1.82) is 0 Å². The van der Waals surface area contributed by atoms with Crippen LogP contribution in [0.2, 0.25) is 0 Å². The van der Waals surface area contributed by atoms with Gasteiger partial charge in [0.2, 0.25) is 0 Å². The van der Waals surface area contributed by atoms with Crippen LogP contribution in [0.5, 0.6) is 0 Å². The molecule has 0 atom stereocenters. The fraction of sp³-hybridized carbons (Fsp3) is 0.562. The van der Waals surface area contributed by atoms with Crippen molar-refractivity contribution in [3.05, 3.63) is 24.3 Å². The van der Waals surface area contributed by atoms with Crippen molar-refractivity contribution in [1.82, 2.24) is 4.47 Å². The van der Waals surface area contributed by atoms with E-state index in [0.29, 0.717) is 5.69 Å². The van der Waals surface area contributed by atoms with Crippen molar-refractivity contribution in [2.45, 2.75) is 56.6 Å². The Bertz CT molecular complexity index is 669. The van der Waals surface area contributed by atoms with Crippen LogP contribution in [0.3, 0.4) is 0 Å². The largest absolute Gasteiger partial charge is 0.480 e. The summed E-state index contributed by atoms with van der Waals surface area (Å²) in [5.41, 5.74) is 0.433. The molecule has 0 bridgehead atoms. The monoisotopic (exact) mass is 356 g/mol. The third kappa shape index (κ3) is 4.68. The van der Waals surface area contributed by atoms with Crippen molar-refractivity contribution < 1.29 is 23.2 Å². The van der Waals surface area contributed by atoms with E-state index in [-0.39, 0.29) is 23.6 Å². The fourth-order valence-electron chi connectivity index (χ4n) is 2.64. The van der Waals surface area contributed by atoms with E-state index in [1.807, 2.05) is 0 Å². The maximum atomic E-state index is 12.9. The lowest BCUT2D eigenvalue weighted by molar-refractivity contribution is -0.146. The quantitative estimate of drug-likeness (QED) is 0.695. The SMILES string of the molecule is CC(C)N(OC1CCCC1)S(=O)(=O)c1cccc(NCC(=O)O)c1. The molecular weight excluding hydrogens is 332 g/mol. The summed E-state index contributed by atoms with van der Waals surface area (Å²) in [6, 6.07) is 5.76. The van der Waals surface area contributed by atoms with E-state index in [1.165, 1.54) is 12.1 Å². The topological polar surface area (TPSA) is 95.9 Å². The molecule has 1 aliphatic carbocycles. The molecule has 1 fully saturated rings. The zero-order valence-electron chi connectivity index (χ0n) is 13.9. The molecular formula is C16H24N2O5S. The summed E-state index contributed by atoms with van der Waals surface area (Å²) >= 11 is 0. The standard InChI is InChI=1S/C16H24N2O5S/c1-12(2)18(23-14-7-3-4-8-14)24(21,22)15-9-5-6-13(10-15)17-11-16(19)20/h5-6,9-10,12,14,17H,3-4,7-8,11H2,1-2H3,(H,19,20). The summed E-state index contributed by atoms with van der Waals surface area (Å²) in [6.07, 6.45) is 3.74. The molecule has 1 aromatic rings. The van der Waals surface area contributed by atoms with E-state index >= 15 is 0 Å². The van der Waals surface area contributed by atoms with Gasteiger partial charge in [0.25, 0.3) is 10.0 Å². The lowest BCUT2D eigenvalue weighted by Gasteiger charge is -2.28. The lowest BCUT2D eigenvalue weighted by atomic mass is 10.3. The summed E-state index contributed by atoms with van der Waals surface area (Å²) < 4.78 is 26.9. The molecule has 0 aromatic heterocycles. The summed E-state index contributed by atoms with van der Waals surface area (Å²) in [4.78, 5) is 16.5. The van der Waals surface area contributed by atoms with Gasteiger partial charge in [-0.25, -0.2) is 8.42 Å². The number of rotatable bonds is 8. The number of hydroxylamine groups is 1. The zero-order valence-corrected chi connectivity index (χ0v) is 14.8. The van der Waals surface area contributed by atoms with E-state index in [4.69, 9.17) is 9.94 Å². The second-order valence-corrected chi connectivity index (χ2v) is 7.92. The number of hydrogen-bond donors (Lipinski definition) is 2. The Hall–Kier alpha value is -1.64. The van der Waals surface area contributed by atoms with Crippen LogP contribution in [0.25, 0.3) is 0 Å². The Kier molecular flexibility index (Phi) is 6.20. The lowest BCUT2D eigenvalue weighted by Crippen LogP contribution is -2.39. The average Bonchev–Trinajstić information content (AvgIpc) is 3.03. The number of sulfonamides is 1. The van der Waals surface area contributed by atoms with E-state index in [2.05, 4.69) is 5.32 Å². The Morgan fingerprint density at radius 1 is 1.38 bits per heavy atom. The minimum atomic E-state index is -3.83. The Labute approximate surface area is 142 Å². The van der Waals surface area contributed by atoms with Gasteiger partial charge in [-0.3, -0.25) is 9.63 Å². The molecule has 0 heterocycles. The average molecular weight is 356 g/mol. The Morgan fingerprint density at radius 2 is 2.04 bits per heavy atom. The third-order valence-electron chi connectivity index (χ3n) is 3.79. The van der Waals surface area contributed by atoms with Gasteiger partial charge in [0.15, 0.2) is 0 Å². The number of benzene rings is 1. The van der Waals surface area contributed by atoms with Gasteiger partial charge in [0.1, 0.15) is 6.54 Å². The van der Waals surface area contributed by atoms with Crippen LogP contribution in [0.4, 0.5) is 5.69 Å². The highest BCUT2D eigenvalue weighted by atomic mass is 32.2. The van der Waals surface area contributed by atoms with E-state index in [0.717, 1.165) is 30.2 Å². The van der Waals surface area contributed by atoms with Gasteiger partial charge in [-0.2, -0.15) is 0 Å². The van der Waals surface area contributed by atoms with Crippen LogP contribution in [0, 0.1) is 0 Å². The number of anilines is 1. The first kappa shape index (κ1) is 18.7. The fourth-order valence-corrected chi connectivity index (χ4v) is 4.17. The molecule has 1 aromatic carbocycles. The van der Waals surface area contributed by atoms with E-state index in [1.54, 1.807) is 26.0 Å².